The molecule has 2 heterocycles. The number of nitrogens with zero attached hydrogens (tertiary/aromatic N) is 3. The molecule has 0 amide bonds. The number of ether oxygens (including phenoxy) is 1. The lowest BCUT2D eigenvalue weighted by atomic mass is 10.2. The van der Waals surface area contributed by atoms with Crippen LogP contribution in [-0.4, -0.2) is 44.7 Å². The van der Waals surface area contributed by atoms with E-state index in [2.05, 4.69) is 30.3 Å². The number of alkyl halides is 2. The van der Waals surface area contributed by atoms with Gasteiger partial charge >= 0.3 is 5.92 Å². The van der Waals surface area contributed by atoms with E-state index in [1.165, 1.54) is 13.1 Å². The van der Waals surface area contributed by atoms with Gasteiger partial charge in [0.25, 0.3) is 0 Å². The molecule has 1 unspecified atom stereocenters. The Balaban J connectivity index is 1.50. The van der Waals surface area contributed by atoms with E-state index >= 15 is 0 Å². The number of anilines is 2. The van der Waals surface area contributed by atoms with Gasteiger partial charge in [0.1, 0.15) is 11.5 Å². The zero-order valence-corrected chi connectivity index (χ0v) is 19.6. The maximum absolute atomic E-state index is 14.5. The van der Waals surface area contributed by atoms with Gasteiger partial charge in [0.2, 0.25) is 16.3 Å². The van der Waals surface area contributed by atoms with Gasteiger partial charge < -0.3 is 15.4 Å². The minimum atomic E-state index is -3.70. The number of aromatic nitrogens is 1. The number of aliphatic imine (C=N–C) groups is 2. The lowest BCUT2D eigenvalue weighted by Crippen LogP contribution is -2.41. The summed E-state index contributed by atoms with van der Waals surface area (Å²) in [5, 5.41) is 5.49. The Morgan fingerprint density at radius 3 is 2.31 bits per heavy atom. The van der Waals surface area contributed by atoms with E-state index in [1.807, 2.05) is 0 Å². The van der Waals surface area contributed by atoms with Crippen LogP contribution in [-0.2, 0) is 10.0 Å². The monoisotopic (exact) mass is 500 g/mol. The van der Waals surface area contributed by atoms with Crippen LogP contribution in [0.25, 0.3) is 0 Å². The van der Waals surface area contributed by atoms with Crippen LogP contribution < -0.4 is 20.1 Å². The quantitative estimate of drug-likeness (QED) is 0.451. The normalized spacial score (nSPS) is 16.9. The smallest absolute Gasteiger partial charge is 0.339 e. The van der Waals surface area contributed by atoms with Gasteiger partial charge in [0, 0.05) is 23.8 Å². The average molecular weight is 501 g/mol. The second kappa shape index (κ2) is 9.76. The first kappa shape index (κ1) is 24.2. The lowest BCUT2D eigenvalue weighted by Gasteiger charge is -2.24. The summed E-state index contributed by atoms with van der Waals surface area (Å²) in [7, 11) is -2.39. The van der Waals surface area contributed by atoms with Crippen molar-refractivity contribution >= 4 is 33.4 Å². The molecule has 0 saturated heterocycles. The summed E-state index contributed by atoms with van der Waals surface area (Å²) < 4.78 is 61.3. The van der Waals surface area contributed by atoms with Gasteiger partial charge in [0.05, 0.1) is 11.1 Å². The number of rotatable bonds is 7. The Morgan fingerprint density at radius 2 is 1.63 bits per heavy atom. The molecule has 0 bridgehead atoms. The molecule has 12 heteroatoms. The van der Waals surface area contributed by atoms with E-state index in [9.17, 15) is 17.2 Å². The van der Waals surface area contributed by atoms with Crippen LogP contribution >= 0.6 is 0 Å². The van der Waals surface area contributed by atoms with Gasteiger partial charge in [-0.3, -0.25) is 4.98 Å². The predicted molar refractivity (Wildman–Crippen MR) is 130 cm³/mol. The fourth-order valence-corrected chi connectivity index (χ4v) is 4.17. The molecule has 3 aromatic rings. The highest BCUT2D eigenvalue weighted by molar-refractivity contribution is 7.89. The molecule has 0 radical (unpaired) electrons. The van der Waals surface area contributed by atoms with E-state index < -0.39 is 28.1 Å². The molecular formula is C23H22F2N6O3S. The molecule has 1 atom stereocenters. The van der Waals surface area contributed by atoms with Crippen molar-refractivity contribution in [1.29, 1.82) is 0 Å². The largest absolute Gasteiger partial charge is 0.457 e. The molecule has 0 fully saturated rings. The van der Waals surface area contributed by atoms with E-state index in [0.717, 1.165) is 0 Å². The highest BCUT2D eigenvalue weighted by atomic mass is 32.2. The fourth-order valence-electron chi connectivity index (χ4n) is 3.18. The summed E-state index contributed by atoms with van der Waals surface area (Å²) in [5.74, 6) is -2.91. The minimum absolute atomic E-state index is 0.0616. The number of hydrogen-bond donors (Lipinski definition) is 3. The molecule has 1 aromatic heterocycles. The van der Waals surface area contributed by atoms with Gasteiger partial charge in [-0.25, -0.2) is 23.1 Å². The molecule has 2 aromatic carbocycles. The number of sulfonamides is 1. The maximum Gasteiger partial charge on any atom is 0.339 e. The van der Waals surface area contributed by atoms with Gasteiger partial charge in [-0.1, -0.05) is 6.07 Å². The molecule has 1 aliphatic heterocycles. The molecule has 0 spiro atoms. The molecule has 0 saturated carbocycles. The van der Waals surface area contributed by atoms with Crippen molar-refractivity contribution in [2.24, 2.45) is 9.98 Å². The third kappa shape index (κ3) is 5.78. The average Bonchev–Trinajstić information content (AvgIpc) is 2.84. The maximum atomic E-state index is 14.5. The molecule has 4 rings (SSSR count). The number of amidine groups is 1. The van der Waals surface area contributed by atoms with Crippen LogP contribution in [0.3, 0.4) is 0 Å². The van der Waals surface area contributed by atoms with E-state index in [0.29, 0.717) is 34.7 Å². The SMILES string of the molecule is CNS(=O)(=O)c1cc(NC2N=CC(F)(F)C(Nc3ccc(Oc4ccncc4)cc3)=N2)ccc1C. The fraction of sp³-hybridized carbons (Fsp3) is 0.174. The second-order valence-electron chi connectivity index (χ2n) is 7.52. The number of nitrogens with one attached hydrogen (secondary N) is 3. The number of aryl methyl sites for hydroxylation is 1. The second-order valence-corrected chi connectivity index (χ2v) is 9.37. The van der Waals surface area contributed by atoms with Crippen LogP contribution in [0.4, 0.5) is 20.2 Å². The van der Waals surface area contributed by atoms with Crippen molar-refractivity contribution in [1.82, 2.24) is 9.71 Å². The first-order chi connectivity index (χ1) is 16.7. The highest BCUT2D eigenvalue weighted by Gasteiger charge is 2.38. The summed E-state index contributed by atoms with van der Waals surface area (Å²) in [5.41, 5.74) is 1.26. The topological polar surface area (TPSA) is 117 Å². The Hall–Kier alpha value is -3.90. The zero-order valence-electron chi connectivity index (χ0n) is 18.7. The Morgan fingerprint density at radius 1 is 0.971 bits per heavy atom. The van der Waals surface area contributed by atoms with Gasteiger partial charge in [-0.15, -0.1) is 0 Å². The van der Waals surface area contributed by atoms with Gasteiger partial charge in [0.15, 0.2) is 5.84 Å². The number of halogens is 2. The first-order valence-electron chi connectivity index (χ1n) is 10.4. The number of benzene rings is 2. The van der Waals surface area contributed by atoms with Crippen molar-refractivity contribution in [3.8, 4) is 11.5 Å². The molecule has 3 N–H and O–H groups in total. The third-order valence-corrected chi connectivity index (χ3v) is 6.55. The lowest BCUT2D eigenvalue weighted by molar-refractivity contribution is 0.159. The van der Waals surface area contributed by atoms with Crippen LogP contribution in [0.1, 0.15) is 5.56 Å². The van der Waals surface area contributed by atoms with Crippen molar-refractivity contribution in [2.75, 3.05) is 17.7 Å². The molecule has 1 aliphatic rings. The van der Waals surface area contributed by atoms with Crippen LogP contribution in [0.15, 0.2) is 81.9 Å². The predicted octanol–water partition coefficient (Wildman–Crippen LogP) is 4.02. The number of hydrogen-bond acceptors (Lipinski definition) is 8. The zero-order chi connectivity index (χ0) is 25.1. The van der Waals surface area contributed by atoms with E-state index in [1.54, 1.807) is 67.8 Å². The van der Waals surface area contributed by atoms with Crippen LogP contribution in [0, 0.1) is 6.92 Å². The van der Waals surface area contributed by atoms with E-state index in [4.69, 9.17) is 4.74 Å². The van der Waals surface area contributed by atoms with Crippen LogP contribution in [0.2, 0.25) is 0 Å². The van der Waals surface area contributed by atoms with Gasteiger partial charge in [-0.05, 0) is 68.1 Å². The first-order valence-corrected chi connectivity index (χ1v) is 11.9. The van der Waals surface area contributed by atoms with Crippen molar-refractivity contribution in [3.05, 3.63) is 72.6 Å². The van der Waals surface area contributed by atoms with Gasteiger partial charge in [-0.2, -0.15) is 8.78 Å². The highest BCUT2D eigenvalue weighted by Crippen LogP contribution is 2.26. The molecule has 182 valence electrons. The van der Waals surface area contributed by atoms with Crippen molar-refractivity contribution < 1.29 is 21.9 Å². The standard InChI is InChI=1S/C23H22F2N6O3S/c1-15-3-4-17(13-20(15)35(32,33)26-2)30-22-28-14-23(24,25)21(31-22)29-16-5-7-18(8-6-16)34-19-9-11-27-12-10-19/h3-14,22,26,30H,1-2H3,(H,29,31). The minimum Gasteiger partial charge on any atom is -0.457 e. The Bertz CT molecular complexity index is 1360. The van der Waals surface area contributed by atoms with Crippen LogP contribution in [0.5, 0.6) is 11.5 Å². The Labute approximate surface area is 201 Å². The summed E-state index contributed by atoms with van der Waals surface area (Å²) in [4.78, 5) is 11.7. The molecule has 35 heavy (non-hydrogen) atoms. The summed E-state index contributed by atoms with van der Waals surface area (Å²) in [6.45, 7) is 1.65. The number of pyridine rings is 1. The van der Waals surface area contributed by atoms with Crippen molar-refractivity contribution in [3.63, 3.8) is 0 Å². The van der Waals surface area contributed by atoms with E-state index in [-0.39, 0.29) is 4.90 Å². The summed E-state index contributed by atoms with van der Waals surface area (Å²) >= 11 is 0. The summed E-state index contributed by atoms with van der Waals surface area (Å²) in [6.07, 6.45) is 2.61. The molecule has 0 aliphatic carbocycles. The molecular weight excluding hydrogens is 478 g/mol. The Kier molecular flexibility index (Phi) is 6.76. The molecule has 9 nitrogen and oxygen atoms in total. The van der Waals surface area contributed by atoms with Crippen molar-refractivity contribution in [2.45, 2.75) is 24.0 Å². The third-order valence-electron chi connectivity index (χ3n) is 4.99. The summed E-state index contributed by atoms with van der Waals surface area (Å²) in [6, 6.07) is 14.4.